The first-order valence-electron chi connectivity index (χ1n) is 6.64. The summed E-state index contributed by atoms with van der Waals surface area (Å²) in [6.45, 7) is 5.82. The Morgan fingerprint density at radius 3 is 2.78 bits per heavy atom. The van der Waals surface area contributed by atoms with Gasteiger partial charge in [0.2, 0.25) is 0 Å². The van der Waals surface area contributed by atoms with Gasteiger partial charge in [0.15, 0.2) is 0 Å². The number of aromatic nitrogens is 2. The molecule has 4 heteroatoms. The van der Waals surface area contributed by atoms with Gasteiger partial charge in [0.25, 0.3) is 0 Å². The summed E-state index contributed by atoms with van der Waals surface area (Å²) in [5.74, 6) is 0.625. The monoisotopic (exact) mass is 307 g/mol. The van der Waals surface area contributed by atoms with Gasteiger partial charge in [-0.25, -0.2) is 4.98 Å². The topological polar surface area (TPSA) is 20.5 Å². The summed E-state index contributed by atoms with van der Waals surface area (Å²) < 4.78 is 3.20. The maximum atomic E-state index is 4.76. The maximum Gasteiger partial charge on any atom is 0.137 e. The van der Waals surface area contributed by atoms with E-state index < -0.39 is 0 Å². The second-order valence-corrected chi connectivity index (χ2v) is 5.76. The predicted octanol–water partition coefficient (Wildman–Crippen LogP) is 3.30. The van der Waals surface area contributed by atoms with Crippen molar-refractivity contribution in [1.82, 2.24) is 14.3 Å². The molecular formula is C14H18BrN3. The highest BCUT2D eigenvalue weighted by atomic mass is 79.9. The van der Waals surface area contributed by atoms with Crippen LogP contribution in [0.1, 0.15) is 31.4 Å². The number of fused-ring (bicyclic) bond motifs is 1. The van der Waals surface area contributed by atoms with Crippen LogP contribution in [0.4, 0.5) is 0 Å². The van der Waals surface area contributed by atoms with Crippen molar-refractivity contribution in [3.63, 3.8) is 0 Å². The second-order valence-electron chi connectivity index (χ2n) is 4.95. The molecule has 1 saturated heterocycles. The molecule has 96 valence electrons. The fourth-order valence-electron chi connectivity index (χ4n) is 2.74. The van der Waals surface area contributed by atoms with Gasteiger partial charge < -0.3 is 4.90 Å². The number of hydrogen-bond acceptors (Lipinski definition) is 2. The third-order valence-electron chi connectivity index (χ3n) is 3.91. The molecule has 0 N–H and O–H groups in total. The van der Waals surface area contributed by atoms with Crippen molar-refractivity contribution < 1.29 is 0 Å². The van der Waals surface area contributed by atoms with Crippen LogP contribution in [-0.2, 0) is 0 Å². The fourth-order valence-corrected chi connectivity index (χ4v) is 3.17. The summed E-state index contributed by atoms with van der Waals surface area (Å²) in [7, 11) is 0. The highest BCUT2D eigenvalue weighted by molar-refractivity contribution is 9.10. The Morgan fingerprint density at radius 2 is 2.11 bits per heavy atom. The predicted molar refractivity (Wildman–Crippen MR) is 77.0 cm³/mol. The van der Waals surface area contributed by atoms with Gasteiger partial charge in [0.05, 0.1) is 10.3 Å². The van der Waals surface area contributed by atoms with Crippen LogP contribution in [0.25, 0.3) is 5.65 Å². The molecule has 0 atom stereocenters. The summed E-state index contributed by atoms with van der Waals surface area (Å²) in [4.78, 5) is 7.28. The number of piperidine rings is 1. The average Bonchev–Trinajstić information content (AvgIpc) is 2.84. The molecule has 0 saturated carbocycles. The first-order valence-corrected chi connectivity index (χ1v) is 7.43. The van der Waals surface area contributed by atoms with E-state index in [0.29, 0.717) is 5.92 Å². The van der Waals surface area contributed by atoms with Gasteiger partial charge in [-0.2, -0.15) is 0 Å². The van der Waals surface area contributed by atoms with Crippen LogP contribution < -0.4 is 0 Å². The van der Waals surface area contributed by atoms with Gasteiger partial charge in [-0.1, -0.05) is 13.0 Å². The van der Waals surface area contributed by atoms with E-state index in [9.17, 15) is 0 Å². The number of likely N-dealkylation sites (tertiary alicyclic amines) is 1. The fraction of sp³-hybridized carbons (Fsp3) is 0.500. The van der Waals surface area contributed by atoms with Crippen LogP contribution in [0.15, 0.2) is 29.0 Å². The lowest BCUT2D eigenvalue weighted by Gasteiger charge is -2.30. The smallest absolute Gasteiger partial charge is 0.137 e. The SMILES string of the molecule is CCN1CCC(c2cn3c(Br)cccc3n2)CC1. The molecule has 1 aliphatic rings. The van der Waals surface area contributed by atoms with Gasteiger partial charge in [-0.15, -0.1) is 0 Å². The minimum Gasteiger partial charge on any atom is -0.304 e. The first kappa shape index (κ1) is 12.2. The highest BCUT2D eigenvalue weighted by Crippen LogP contribution is 2.28. The van der Waals surface area contributed by atoms with Gasteiger partial charge in [-0.3, -0.25) is 4.40 Å². The van der Waals surface area contributed by atoms with Crippen molar-refractivity contribution in [2.45, 2.75) is 25.7 Å². The minimum atomic E-state index is 0.625. The summed E-state index contributed by atoms with van der Waals surface area (Å²) in [5, 5.41) is 0. The Balaban J connectivity index is 1.85. The van der Waals surface area contributed by atoms with Gasteiger partial charge in [0.1, 0.15) is 5.65 Å². The largest absolute Gasteiger partial charge is 0.304 e. The van der Waals surface area contributed by atoms with Crippen molar-refractivity contribution in [2.75, 3.05) is 19.6 Å². The summed E-state index contributed by atoms with van der Waals surface area (Å²) in [6, 6.07) is 6.16. The zero-order chi connectivity index (χ0) is 12.5. The Labute approximate surface area is 116 Å². The van der Waals surface area contributed by atoms with Crippen molar-refractivity contribution in [2.24, 2.45) is 0 Å². The molecule has 1 aliphatic heterocycles. The van der Waals surface area contributed by atoms with Crippen molar-refractivity contribution >= 4 is 21.6 Å². The van der Waals surface area contributed by atoms with Crippen LogP contribution in [0.3, 0.4) is 0 Å². The number of halogens is 1. The molecule has 3 nitrogen and oxygen atoms in total. The van der Waals surface area contributed by atoms with Gasteiger partial charge >= 0.3 is 0 Å². The van der Waals surface area contributed by atoms with E-state index in [0.717, 1.165) is 10.3 Å². The maximum absolute atomic E-state index is 4.76. The molecule has 0 amide bonds. The van der Waals surface area contributed by atoms with Gasteiger partial charge in [0, 0.05) is 12.1 Å². The Bertz CT molecular complexity index is 541. The standard InChI is InChI=1S/C14H18BrN3/c1-2-17-8-6-11(7-9-17)12-10-18-13(15)4-3-5-14(18)16-12/h3-5,10-11H,2,6-9H2,1H3. The molecule has 2 aromatic heterocycles. The molecule has 3 heterocycles. The Kier molecular flexibility index (Phi) is 3.39. The normalized spacial score (nSPS) is 18.6. The molecule has 0 aliphatic carbocycles. The molecule has 2 aromatic rings. The van der Waals surface area contributed by atoms with Crippen LogP contribution in [0.5, 0.6) is 0 Å². The molecule has 0 unspecified atom stereocenters. The number of hydrogen-bond donors (Lipinski definition) is 0. The van der Waals surface area contributed by atoms with Gasteiger partial charge in [-0.05, 0) is 60.5 Å². The van der Waals surface area contributed by atoms with E-state index in [1.54, 1.807) is 0 Å². The average molecular weight is 308 g/mol. The lowest BCUT2D eigenvalue weighted by molar-refractivity contribution is 0.221. The molecule has 0 radical (unpaired) electrons. The molecule has 1 fully saturated rings. The second kappa shape index (κ2) is 5.02. The molecule has 0 spiro atoms. The minimum absolute atomic E-state index is 0.625. The first-order chi connectivity index (χ1) is 8.78. The molecular weight excluding hydrogens is 290 g/mol. The zero-order valence-electron chi connectivity index (χ0n) is 10.6. The van der Waals surface area contributed by atoms with Crippen molar-refractivity contribution in [1.29, 1.82) is 0 Å². The molecule has 18 heavy (non-hydrogen) atoms. The lowest BCUT2D eigenvalue weighted by atomic mass is 9.94. The number of imidazole rings is 1. The van der Waals surface area contributed by atoms with E-state index in [2.05, 4.69) is 50.5 Å². The number of rotatable bonds is 2. The third-order valence-corrected chi connectivity index (χ3v) is 4.56. The zero-order valence-corrected chi connectivity index (χ0v) is 12.2. The summed E-state index contributed by atoms with van der Waals surface area (Å²) in [5.41, 5.74) is 2.29. The number of nitrogens with zero attached hydrogens (tertiary/aromatic N) is 3. The Hall–Kier alpha value is -0.870. The van der Waals surface area contributed by atoms with E-state index in [1.807, 2.05) is 6.07 Å². The van der Waals surface area contributed by atoms with Crippen molar-refractivity contribution in [3.05, 3.63) is 34.7 Å². The molecule has 0 bridgehead atoms. The van der Waals surface area contributed by atoms with E-state index >= 15 is 0 Å². The number of pyridine rings is 1. The summed E-state index contributed by atoms with van der Waals surface area (Å²) in [6.07, 6.45) is 4.65. The Morgan fingerprint density at radius 1 is 1.33 bits per heavy atom. The van der Waals surface area contributed by atoms with E-state index in [1.165, 1.54) is 38.2 Å². The molecule has 3 rings (SSSR count). The van der Waals surface area contributed by atoms with Crippen LogP contribution in [-0.4, -0.2) is 33.9 Å². The van der Waals surface area contributed by atoms with Crippen LogP contribution >= 0.6 is 15.9 Å². The van der Waals surface area contributed by atoms with E-state index in [-0.39, 0.29) is 0 Å². The van der Waals surface area contributed by atoms with Crippen LogP contribution in [0.2, 0.25) is 0 Å². The van der Waals surface area contributed by atoms with Crippen LogP contribution in [0, 0.1) is 0 Å². The highest BCUT2D eigenvalue weighted by Gasteiger charge is 2.21. The molecule has 0 aromatic carbocycles. The van der Waals surface area contributed by atoms with Crippen molar-refractivity contribution in [3.8, 4) is 0 Å². The quantitative estimate of drug-likeness (QED) is 0.794. The van der Waals surface area contributed by atoms with E-state index in [4.69, 9.17) is 4.98 Å². The lowest BCUT2D eigenvalue weighted by Crippen LogP contribution is -2.32. The third kappa shape index (κ3) is 2.19. The summed E-state index contributed by atoms with van der Waals surface area (Å²) >= 11 is 3.57.